The SMILES string of the molecule is COc1ncnc(C)c1-c1ccc(C(=O)NCCCn2nc(C)nc2C)cc1. The summed E-state index contributed by atoms with van der Waals surface area (Å²) in [6.07, 6.45) is 2.26. The minimum absolute atomic E-state index is 0.106. The molecule has 0 aliphatic heterocycles. The highest BCUT2D eigenvalue weighted by Gasteiger charge is 2.12. The summed E-state index contributed by atoms with van der Waals surface area (Å²) in [4.78, 5) is 25.0. The number of hydrogen-bond donors (Lipinski definition) is 1. The van der Waals surface area contributed by atoms with Crippen LogP contribution in [0.25, 0.3) is 11.1 Å². The van der Waals surface area contributed by atoms with E-state index in [-0.39, 0.29) is 5.91 Å². The number of amides is 1. The molecule has 0 unspecified atom stereocenters. The van der Waals surface area contributed by atoms with Crippen molar-refractivity contribution in [3.8, 4) is 17.0 Å². The number of rotatable bonds is 7. The van der Waals surface area contributed by atoms with E-state index in [1.165, 1.54) is 6.33 Å². The Morgan fingerprint density at radius 1 is 1.14 bits per heavy atom. The van der Waals surface area contributed by atoms with Crippen LogP contribution in [0.2, 0.25) is 0 Å². The Kier molecular flexibility index (Phi) is 5.98. The second-order valence-electron chi connectivity index (χ2n) is 6.46. The lowest BCUT2D eigenvalue weighted by Gasteiger charge is -2.10. The van der Waals surface area contributed by atoms with Gasteiger partial charge in [-0.2, -0.15) is 5.10 Å². The number of aryl methyl sites for hydroxylation is 4. The molecule has 0 aliphatic carbocycles. The molecule has 0 bridgehead atoms. The van der Waals surface area contributed by atoms with Crippen LogP contribution in [0.4, 0.5) is 0 Å². The van der Waals surface area contributed by atoms with E-state index in [1.807, 2.05) is 37.6 Å². The minimum Gasteiger partial charge on any atom is -0.480 e. The van der Waals surface area contributed by atoms with Gasteiger partial charge in [0.1, 0.15) is 18.0 Å². The van der Waals surface area contributed by atoms with E-state index in [1.54, 1.807) is 19.2 Å². The summed E-state index contributed by atoms with van der Waals surface area (Å²) in [6.45, 7) is 6.98. The van der Waals surface area contributed by atoms with Gasteiger partial charge in [0.15, 0.2) is 0 Å². The molecule has 146 valence electrons. The third-order valence-electron chi connectivity index (χ3n) is 4.43. The maximum Gasteiger partial charge on any atom is 0.251 e. The number of carbonyl (C=O) groups excluding carboxylic acids is 1. The van der Waals surface area contributed by atoms with E-state index >= 15 is 0 Å². The molecule has 8 nitrogen and oxygen atoms in total. The highest BCUT2D eigenvalue weighted by atomic mass is 16.5. The number of methoxy groups -OCH3 is 1. The van der Waals surface area contributed by atoms with E-state index < -0.39 is 0 Å². The number of hydrogen-bond acceptors (Lipinski definition) is 6. The molecule has 0 saturated carbocycles. The number of carbonyl (C=O) groups is 1. The quantitative estimate of drug-likeness (QED) is 0.633. The molecule has 0 radical (unpaired) electrons. The van der Waals surface area contributed by atoms with E-state index in [0.717, 1.165) is 41.4 Å². The highest BCUT2D eigenvalue weighted by Crippen LogP contribution is 2.30. The molecule has 0 atom stereocenters. The second-order valence-corrected chi connectivity index (χ2v) is 6.46. The Morgan fingerprint density at radius 3 is 2.54 bits per heavy atom. The first-order chi connectivity index (χ1) is 13.5. The van der Waals surface area contributed by atoms with E-state index in [4.69, 9.17) is 4.74 Å². The Morgan fingerprint density at radius 2 is 1.89 bits per heavy atom. The normalized spacial score (nSPS) is 10.7. The summed E-state index contributed by atoms with van der Waals surface area (Å²) >= 11 is 0. The molecule has 0 saturated heterocycles. The summed E-state index contributed by atoms with van der Waals surface area (Å²) < 4.78 is 7.18. The second kappa shape index (κ2) is 8.60. The predicted octanol–water partition coefficient (Wildman–Crippen LogP) is 2.49. The standard InChI is InChI=1S/C20H24N6O2/c1-13-18(20(28-4)23-12-22-13)16-6-8-17(9-7-16)19(27)21-10-5-11-26-15(3)24-14(2)25-26/h6-9,12H,5,10-11H2,1-4H3,(H,21,27). The Hall–Kier alpha value is -3.29. The zero-order valence-electron chi connectivity index (χ0n) is 16.6. The summed E-state index contributed by atoms with van der Waals surface area (Å²) in [5.74, 6) is 2.06. The average molecular weight is 380 g/mol. The van der Waals surface area contributed by atoms with Crippen LogP contribution >= 0.6 is 0 Å². The van der Waals surface area contributed by atoms with Crippen LogP contribution in [0, 0.1) is 20.8 Å². The lowest BCUT2D eigenvalue weighted by atomic mass is 10.0. The first-order valence-corrected chi connectivity index (χ1v) is 9.12. The van der Waals surface area contributed by atoms with Gasteiger partial charge in [0.05, 0.1) is 18.4 Å². The van der Waals surface area contributed by atoms with Crippen LogP contribution in [0.15, 0.2) is 30.6 Å². The van der Waals surface area contributed by atoms with Gasteiger partial charge in [0.25, 0.3) is 5.91 Å². The van der Waals surface area contributed by atoms with Gasteiger partial charge in [0, 0.05) is 18.7 Å². The predicted molar refractivity (Wildman–Crippen MR) is 105 cm³/mol. The van der Waals surface area contributed by atoms with Gasteiger partial charge in [0.2, 0.25) is 5.88 Å². The number of nitrogens with zero attached hydrogens (tertiary/aromatic N) is 5. The molecule has 2 heterocycles. The third-order valence-corrected chi connectivity index (χ3v) is 4.43. The summed E-state index contributed by atoms with van der Waals surface area (Å²) in [5, 5.41) is 7.26. The maximum absolute atomic E-state index is 12.4. The van der Waals surface area contributed by atoms with Crippen molar-refractivity contribution in [1.29, 1.82) is 0 Å². The van der Waals surface area contributed by atoms with Gasteiger partial charge in [-0.15, -0.1) is 0 Å². The van der Waals surface area contributed by atoms with Crippen molar-refractivity contribution in [2.75, 3.05) is 13.7 Å². The van der Waals surface area contributed by atoms with Crippen LogP contribution in [0.5, 0.6) is 5.88 Å². The van der Waals surface area contributed by atoms with Gasteiger partial charge in [-0.1, -0.05) is 12.1 Å². The summed E-state index contributed by atoms with van der Waals surface area (Å²) in [5.41, 5.74) is 3.16. The highest BCUT2D eigenvalue weighted by molar-refractivity contribution is 5.94. The van der Waals surface area contributed by atoms with E-state index in [0.29, 0.717) is 18.0 Å². The zero-order valence-corrected chi connectivity index (χ0v) is 16.6. The van der Waals surface area contributed by atoms with Crippen molar-refractivity contribution in [2.24, 2.45) is 0 Å². The fourth-order valence-corrected chi connectivity index (χ4v) is 3.03. The summed E-state index contributed by atoms with van der Waals surface area (Å²) in [7, 11) is 1.58. The molecule has 3 aromatic rings. The van der Waals surface area contributed by atoms with Crippen LogP contribution < -0.4 is 10.1 Å². The molecule has 2 aromatic heterocycles. The van der Waals surface area contributed by atoms with Crippen molar-refractivity contribution in [3.63, 3.8) is 0 Å². The Balaban J connectivity index is 1.59. The molecule has 1 amide bonds. The first kappa shape index (κ1) is 19.5. The Bertz CT molecular complexity index is 965. The fourth-order valence-electron chi connectivity index (χ4n) is 3.03. The smallest absolute Gasteiger partial charge is 0.251 e. The zero-order chi connectivity index (χ0) is 20.1. The average Bonchev–Trinajstić information content (AvgIpc) is 3.02. The van der Waals surface area contributed by atoms with Gasteiger partial charge in [-0.3, -0.25) is 9.48 Å². The topological polar surface area (TPSA) is 94.8 Å². The first-order valence-electron chi connectivity index (χ1n) is 9.12. The van der Waals surface area contributed by atoms with Crippen LogP contribution in [-0.4, -0.2) is 44.3 Å². The molecule has 3 rings (SSSR count). The number of benzene rings is 1. The lowest BCUT2D eigenvalue weighted by Crippen LogP contribution is -2.25. The molecular formula is C20H24N6O2. The van der Waals surface area contributed by atoms with Crippen molar-refractivity contribution in [3.05, 3.63) is 53.5 Å². The molecular weight excluding hydrogens is 356 g/mol. The van der Waals surface area contributed by atoms with Crippen molar-refractivity contribution < 1.29 is 9.53 Å². The molecule has 0 aliphatic rings. The van der Waals surface area contributed by atoms with Gasteiger partial charge in [-0.25, -0.2) is 15.0 Å². The van der Waals surface area contributed by atoms with Crippen LogP contribution in [-0.2, 0) is 6.54 Å². The van der Waals surface area contributed by atoms with Gasteiger partial charge >= 0.3 is 0 Å². The third kappa shape index (κ3) is 4.33. The van der Waals surface area contributed by atoms with Crippen LogP contribution in [0.3, 0.4) is 0 Å². The van der Waals surface area contributed by atoms with Crippen LogP contribution in [0.1, 0.15) is 34.1 Å². The largest absolute Gasteiger partial charge is 0.480 e. The lowest BCUT2D eigenvalue weighted by molar-refractivity contribution is 0.0952. The molecule has 1 N–H and O–H groups in total. The molecule has 8 heteroatoms. The number of aromatic nitrogens is 5. The molecule has 0 spiro atoms. The monoisotopic (exact) mass is 380 g/mol. The molecule has 1 aromatic carbocycles. The molecule has 28 heavy (non-hydrogen) atoms. The summed E-state index contributed by atoms with van der Waals surface area (Å²) in [6, 6.07) is 7.35. The van der Waals surface area contributed by atoms with Crippen molar-refractivity contribution in [2.45, 2.75) is 33.7 Å². The van der Waals surface area contributed by atoms with Crippen molar-refractivity contribution in [1.82, 2.24) is 30.0 Å². The number of nitrogens with one attached hydrogen (secondary N) is 1. The Labute approximate surface area is 164 Å². The van der Waals surface area contributed by atoms with Gasteiger partial charge < -0.3 is 10.1 Å². The van der Waals surface area contributed by atoms with E-state index in [9.17, 15) is 4.79 Å². The van der Waals surface area contributed by atoms with E-state index in [2.05, 4.69) is 25.4 Å². The number of ether oxygens (including phenoxy) is 1. The maximum atomic E-state index is 12.4. The fraction of sp³-hybridized carbons (Fsp3) is 0.350. The van der Waals surface area contributed by atoms with Crippen molar-refractivity contribution >= 4 is 5.91 Å². The van der Waals surface area contributed by atoms with Gasteiger partial charge in [-0.05, 0) is 44.9 Å². The molecule has 0 fully saturated rings. The minimum atomic E-state index is -0.106.